The van der Waals surface area contributed by atoms with E-state index < -0.39 is 14.6 Å². The molecule has 0 aliphatic carbocycles. The van der Waals surface area contributed by atoms with Crippen LogP contribution < -0.4 is 11.3 Å². The molecule has 18 heavy (non-hydrogen) atoms. The fourth-order valence-corrected chi connectivity index (χ4v) is 2.76. The molecule has 0 saturated heterocycles. The first kappa shape index (κ1) is 15.6. The van der Waals surface area contributed by atoms with Crippen LogP contribution in [0.25, 0.3) is 0 Å². The Hall–Kier alpha value is -0.430. The molecule has 1 unspecified atom stereocenters. The lowest BCUT2D eigenvalue weighted by molar-refractivity contribution is 0.412. The standard InChI is InChI=1S/C12H19BrN2O2S/c1-12(2,18(3,16)17)11(15-14)8-9-6-4-5-7-10(9)13/h4-7,11,15H,8,14H2,1-3H3. The third kappa shape index (κ3) is 3.32. The van der Waals surface area contributed by atoms with Crippen LogP contribution in [0.2, 0.25) is 0 Å². The van der Waals surface area contributed by atoms with Crippen LogP contribution in [0, 0.1) is 0 Å². The van der Waals surface area contributed by atoms with E-state index >= 15 is 0 Å². The van der Waals surface area contributed by atoms with Crippen LogP contribution in [0.15, 0.2) is 28.7 Å². The van der Waals surface area contributed by atoms with Crippen LogP contribution in [0.3, 0.4) is 0 Å². The number of sulfone groups is 1. The van der Waals surface area contributed by atoms with Crippen molar-refractivity contribution in [3.05, 3.63) is 34.3 Å². The molecule has 3 N–H and O–H groups in total. The molecule has 0 radical (unpaired) electrons. The third-order valence-electron chi connectivity index (χ3n) is 3.38. The maximum Gasteiger partial charge on any atom is 0.154 e. The fraction of sp³-hybridized carbons (Fsp3) is 0.500. The molecule has 0 saturated carbocycles. The smallest absolute Gasteiger partial charge is 0.154 e. The van der Waals surface area contributed by atoms with E-state index in [1.165, 1.54) is 6.26 Å². The summed E-state index contributed by atoms with van der Waals surface area (Å²) < 4.78 is 23.7. The highest BCUT2D eigenvalue weighted by Crippen LogP contribution is 2.25. The summed E-state index contributed by atoms with van der Waals surface area (Å²) >= 11 is 3.45. The number of nitrogens with two attached hydrogens (primary N) is 1. The molecular formula is C12H19BrN2O2S. The zero-order chi connectivity index (χ0) is 14.0. The number of nitrogens with one attached hydrogen (secondary N) is 1. The fourth-order valence-electron chi connectivity index (χ4n) is 1.65. The van der Waals surface area contributed by atoms with Crippen molar-refractivity contribution >= 4 is 25.8 Å². The Morgan fingerprint density at radius 2 is 1.94 bits per heavy atom. The highest BCUT2D eigenvalue weighted by atomic mass is 79.9. The summed E-state index contributed by atoms with van der Waals surface area (Å²) in [5.41, 5.74) is 3.65. The van der Waals surface area contributed by atoms with Gasteiger partial charge in [-0.05, 0) is 31.9 Å². The van der Waals surface area contributed by atoms with Crippen molar-refractivity contribution in [2.45, 2.75) is 31.1 Å². The number of benzene rings is 1. The lowest BCUT2D eigenvalue weighted by atomic mass is 9.96. The Bertz CT molecular complexity index is 515. The van der Waals surface area contributed by atoms with Gasteiger partial charge in [0.05, 0.1) is 4.75 Å². The van der Waals surface area contributed by atoms with Crippen molar-refractivity contribution < 1.29 is 8.42 Å². The Labute approximate surface area is 117 Å². The first-order valence-corrected chi connectivity index (χ1v) is 8.27. The van der Waals surface area contributed by atoms with Crippen LogP contribution in [-0.4, -0.2) is 25.5 Å². The molecule has 0 bridgehead atoms. The van der Waals surface area contributed by atoms with Gasteiger partial charge in [-0.3, -0.25) is 11.3 Å². The van der Waals surface area contributed by atoms with Gasteiger partial charge < -0.3 is 0 Å². The second-order valence-corrected chi connectivity index (χ2v) is 8.34. The Balaban J connectivity index is 3.04. The summed E-state index contributed by atoms with van der Waals surface area (Å²) in [7, 11) is -3.20. The van der Waals surface area contributed by atoms with Crippen LogP contribution in [0.1, 0.15) is 19.4 Å². The van der Waals surface area contributed by atoms with E-state index in [0.717, 1.165) is 10.0 Å². The van der Waals surface area contributed by atoms with Crippen LogP contribution >= 0.6 is 15.9 Å². The monoisotopic (exact) mass is 334 g/mol. The first-order chi connectivity index (χ1) is 8.20. The minimum absolute atomic E-state index is 0.355. The number of rotatable bonds is 5. The normalized spacial score (nSPS) is 14.5. The number of hydrogen-bond donors (Lipinski definition) is 2. The highest BCUT2D eigenvalue weighted by molar-refractivity contribution is 9.10. The highest BCUT2D eigenvalue weighted by Gasteiger charge is 2.38. The average molecular weight is 335 g/mol. The Morgan fingerprint density at radius 1 is 1.39 bits per heavy atom. The summed E-state index contributed by atoms with van der Waals surface area (Å²) in [6, 6.07) is 7.36. The molecule has 1 atom stereocenters. The van der Waals surface area contributed by atoms with Crippen LogP contribution in [0.4, 0.5) is 0 Å². The molecule has 0 aromatic heterocycles. The Morgan fingerprint density at radius 3 is 2.39 bits per heavy atom. The van der Waals surface area contributed by atoms with Crippen molar-refractivity contribution in [2.24, 2.45) is 5.84 Å². The molecule has 0 aliphatic rings. The quantitative estimate of drug-likeness (QED) is 0.634. The lowest BCUT2D eigenvalue weighted by Gasteiger charge is -2.32. The van der Waals surface area contributed by atoms with E-state index in [2.05, 4.69) is 21.4 Å². The molecule has 4 nitrogen and oxygen atoms in total. The van der Waals surface area contributed by atoms with E-state index in [1.54, 1.807) is 13.8 Å². The maximum atomic E-state index is 11.8. The van der Waals surface area contributed by atoms with E-state index in [4.69, 9.17) is 5.84 Å². The molecule has 1 aromatic rings. The van der Waals surface area contributed by atoms with Gasteiger partial charge in [-0.1, -0.05) is 34.1 Å². The molecule has 0 spiro atoms. The molecule has 0 fully saturated rings. The maximum absolute atomic E-state index is 11.8. The van der Waals surface area contributed by atoms with Crippen LogP contribution in [-0.2, 0) is 16.3 Å². The van der Waals surface area contributed by atoms with E-state index in [0.29, 0.717) is 6.42 Å². The molecule has 1 rings (SSSR count). The number of halogens is 1. The Kier molecular flexibility index (Phi) is 4.94. The summed E-state index contributed by atoms with van der Waals surface area (Å²) in [6.07, 6.45) is 1.77. The van der Waals surface area contributed by atoms with Crippen molar-refractivity contribution in [1.29, 1.82) is 0 Å². The topological polar surface area (TPSA) is 72.2 Å². The number of hydrogen-bond acceptors (Lipinski definition) is 4. The zero-order valence-corrected chi connectivity index (χ0v) is 13.2. The molecule has 0 amide bonds. The molecule has 102 valence electrons. The second kappa shape index (κ2) is 5.69. The third-order valence-corrected chi connectivity index (χ3v) is 6.35. The van der Waals surface area contributed by atoms with Crippen molar-refractivity contribution in [2.75, 3.05) is 6.26 Å². The van der Waals surface area contributed by atoms with Gasteiger partial charge >= 0.3 is 0 Å². The van der Waals surface area contributed by atoms with E-state index in [-0.39, 0.29) is 6.04 Å². The first-order valence-electron chi connectivity index (χ1n) is 5.59. The predicted octanol–water partition coefficient (Wildman–Crippen LogP) is 1.65. The van der Waals surface area contributed by atoms with Gasteiger partial charge in [-0.25, -0.2) is 8.42 Å². The molecule has 0 aliphatic heterocycles. The van der Waals surface area contributed by atoms with Gasteiger partial charge in [0.15, 0.2) is 9.84 Å². The summed E-state index contributed by atoms with van der Waals surface area (Å²) in [4.78, 5) is 0. The average Bonchev–Trinajstić information content (AvgIpc) is 2.26. The summed E-state index contributed by atoms with van der Waals surface area (Å²) in [5, 5.41) is 0. The molecule has 0 heterocycles. The SMILES string of the molecule is CC(C)(C(Cc1ccccc1Br)NN)S(C)(=O)=O. The number of hydrazine groups is 1. The minimum atomic E-state index is -3.20. The molecular weight excluding hydrogens is 316 g/mol. The summed E-state index contributed by atoms with van der Waals surface area (Å²) in [5.74, 6) is 5.52. The predicted molar refractivity (Wildman–Crippen MR) is 77.9 cm³/mol. The van der Waals surface area contributed by atoms with Crippen molar-refractivity contribution in [3.63, 3.8) is 0 Å². The van der Waals surface area contributed by atoms with Crippen molar-refractivity contribution in [3.8, 4) is 0 Å². The van der Waals surface area contributed by atoms with Gasteiger partial charge in [-0.15, -0.1) is 0 Å². The largest absolute Gasteiger partial charge is 0.271 e. The lowest BCUT2D eigenvalue weighted by Crippen LogP contribution is -2.55. The summed E-state index contributed by atoms with van der Waals surface area (Å²) in [6.45, 7) is 3.37. The van der Waals surface area contributed by atoms with E-state index in [1.807, 2.05) is 24.3 Å². The van der Waals surface area contributed by atoms with E-state index in [9.17, 15) is 8.42 Å². The van der Waals surface area contributed by atoms with Gasteiger partial charge in [0.1, 0.15) is 0 Å². The van der Waals surface area contributed by atoms with Gasteiger partial charge in [-0.2, -0.15) is 0 Å². The molecule has 1 aromatic carbocycles. The van der Waals surface area contributed by atoms with Gasteiger partial charge in [0.2, 0.25) is 0 Å². The van der Waals surface area contributed by atoms with Crippen molar-refractivity contribution in [1.82, 2.24) is 5.43 Å². The van der Waals surface area contributed by atoms with Gasteiger partial charge in [0.25, 0.3) is 0 Å². The minimum Gasteiger partial charge on any atom is -0.271 e. The molecule has 6 heteroatoms. The zero-order valence-electron chi connectivity index (χ0n) is 10.8. The van der Waals surface area contributed by atoms with Crippen LogP contribution in [0.5, 0.6) is 0 Å². The second-order valence-electron chi connectivity index (χ2n) is 4.89. The van der Waals surface area contributed by atoms with Gasteiger partial charge in [0, 0.05) is 16.8 Å².